The maximum Gasteiger partial charge on any atom is 0.256 e. The predicted octanol–water partition coefficient (Wildman–Crippen LogP) is 3.01. The Morgan fingerprint density at radius 2 is 1.96 bits per heavy atom. The summed E-state index contributed by atoms with van der Waals surface area (Å²) < 4.78 is 0. The number of nitrogens with one attached hydrogen (secondary N) is 3. The van der Waals surface area contributed by atoms with Gasteiger partial charge in [0.1, 0.15) is 0 Å². The molecular formula is C20H23N5O2. The van der Waals surface area contributed by atoms with Crippen molar-refractivity contribution in [1.29, 1.82) is 0 Å². The lowest BCUT2D eigenvalue weighted by Gasteiger charge is -2.13. The normalized spacial score (nSPS) is 11.0. The Labute approximate surface area is 157 Å². The zero-order valence-electron chi connectivity index (χ0n) is 15.7. The van der Waals surface area contributed by atoms with Crippen LogP contribution in [0.2, 0.25) is 0 Å². The van der Waals surface area contributed by atoms with Crippen LogP contribution in [0.25, 0.3) is 10.9 Å². The summed E-state index contributed by atoms with van der Waals surface area (Å²) in [6.45, 7) is 2.59. The van der Waals surface area contributed by atoms with Gasteiger partial charge in [0.25, 0.3) is 5.91 Å². The number of anilines is 2. The number of hydrogen-bond acceptors (Lipinski definition) is 4. The zero-order chi connectivity index (χ0) is 19.4. The van der Waals surface area contributed by atoms with Crippen molar-refractivity contribution in [3.63, 3.8) is 0 Å². The van der Waals surface area contributed by atoms with Gasteiger partial charge in [-0.25, -0.2) is 0 Å². The fraction of sp³-hybridized carbons (Fsp3) is 0.250. The highest BCUT2D eigenvalue weighted by molar-refractivity contribution is 6.12. The molecule has 0 fully saturated rings. The zero-order valence-corrected chi connectivity index (χ0v) is 15.7. The minimum Gasteiger partial charge on any atom is -0.326 e. The van der Waals surface area contributed by atoms with Gasteiger partial charge < -0.3 is 15.5 Å². The van der Waals surface area contributed by atoms with Gasteiger partial charge >= 0.3 is 0 Å². The number of benzene rings is 2. The molecule has 0 bridgehead atoms. The number of carbonyl (C=O) groups is 2. The first kappa shape index (κ1) is 18.6. The lowest BCUT2D eigenvalue weighted by Crippen LogP contribution is -2.21. The third kappa shape index (κ3) is 4.51. The van der Waals surface area contributed by atoms with Crippen molar-refractivity contribution in [3.05, 3.63) is 53.7 Å². The van der Waals surface area contributed by atoms with E-state index >= 15 is 0 Å². The van der Waals surface area contributed by atoms with E-state index in [2.05, 4.69) is 20.8 Å². The quantitative estimate of drug-likeness (QED) is 0.626. The summed E-state index contributed by atoms with van der Waals surface area (Å²) in [5.74, 6) is -0.283. The van der Waals surface area contributed by atoms with Crippen molar-refractivity contribution in [2.24, 2.45) is 0 Å². The van der Waals surface area contributed by atoms with Crippen molar-refractivity contribution in [3.8, 4) is 0 Å². The van der Waals surface area contributed by atoms with E-state index in [1.807, 2.05) is 44.1 Å². The summed E-state index contributed by atoms with van der Waals surface area (Å²) in [4.78, 5) is 26.7. The van der Waals surface area contributed by atoms with E-state index in [4.69, 9.17) is 0 Å². The van der Waals surface area contributed by atoms with E-state index in [-0.39, 0.29) is 11.8 Å². The van der Waals surface area contributed by atoms with Gasteiger partial charge in [-0.05, 0) is 50.8 Å². The highest BCUT2D eigenvalue weighted by atomic mass is 16.2. The van der Waals surface area contributed by atoms with E-state index < -0.39 is 0 Å². The smallest absolute Gasteiger partial charge is 0.256 e. The summed E-state index contributed by atoms with van der Waals surface area (Å²) >= 11 is 0. The van der Waals surface area contributed by atoms with E-state index in [9.17, 15) is 9.59 Å². The molecule has 0 aliphatic rings. The Morgan fingerprint density at radius 3 is 2.74 bits per heavy atom. The average Bonchev–Trinajstić information content (AvgIpc) is 3.11. The molecule has 0 aliphatic carbocycles. The third-order valence-electron chi connectivity index (χ3n) is 4.29. The lowest BCUT2D eigenvalue weighted by molar-refractivity contribution is -0.116. The van der Waals surface area contributed by atoms with Crippen LogP contribution in [0.4, 0.5) is 11.4 Å². The molecule has 0 saturated heterocycles. The lowest BCUT2D eigenvalue weighted by atomic mass is 10.1. The van der Waals surface area contributed by atoms with Crippen molar-refractivity contribution in [2.75, 3.05) is 31.3 Å². The molecule has 2 aromatic carbocycles. The molecular weight excluding hydrogens is 342 g/mol. The standard InChI is InChI=1S/C20H23N5O2/c1-13-7-8-14(11-18(13)23-19(26)9-10-25(2)3)22-20(27)15-5-4-6-17-16(15)12-21-24-17/h4-8,11-12H,9-10H2,1-3H3,(H,21,24)(H,22,27)(H,23,26). The number of aromatic amines is 1. The number of hydrogen-bond donors (Lipinski definition) is 3. The van der Waals surface area contributed by atoms with Crippen LogP contribution in [-0.4, -0.2) is 47.6 Å². The minimum absolute atomic E-state index is 0.0570. The number of amides is 2. The molecule has 0 unspecified atom stereocenters. The van der Waals surface area contributed by atoms with Crippen LogP contribution in [0.15, 0.2) is 42.6 Å². The van der Waals surface area contributed by atoms with Crippen LogP contribution in [0, 0.1) is 6.92 Å². The molecule has 3 aromatic rings. The SMILES string of the molecule is Cc1ccc(NC(=O)c2cccc3[nH]ncc23)cc1NC(=O)CCN(C)C. The number of H-pyrrole nitrogens is 1. The second-order valence-electron chi connectivity index (χ2n) is 6.72. The van der Waals surface area contributed by atoms with Crippen LogP contribution in [0.5, 0.6) is 0 Å². The summed E-state index contributed by atoms with van der Waals surface area (Å²) in [7, 11) is 3.85. The van der Waals surface area contributed by atoms with Crippen molar-refractivity contribution >= 4 is 34.1 Å². The Kier molecular flexibility index (Phi) is 5.52. The monoisotopic (exact) mass is 365 g/mol. The second-order valence-corrected chi connectivity index (χ2v) is 6.72. The van der Waals surface area contributed by atoms with E-state index in [1.165, 1.54) is 0 Å². The Balaban J connectivity index is 1.75. The maximum absolute atomic E-state index is 12.7. The number of nitrogens with zero attached hydrogens (tertiary/aromatic N) is 2. The molecule has 140 valence electrons. The highest BCUT2D eigenvalue weighted by Gasteiger charge is 2.12. The maximum atomic E-state index is 12.7. The molecule has 7 heteroatoms. The van der Waals surface area contributed by atoms with Gasteiger partial charge in [0, 0.05) is 29.7 Å². The summed E-state index contributed by atoms with van der Waals surface area (Å²) in [6, 6.07) is 10.9. The number of aryl methyl sites for hydroxylation is 1. The van der Waals surface area contributed by atoms with E-state index in [0.717, 1.165) is 16.5 Å². The Morgan fingerprint density at radius 1 is 1.15 bits per heavy atom. The van der Waals surface area contributed by atoms with Crippen LogP contribution < -0.4 is 10.6 Å². The molecule has 3 rings (SSSR count). The molecule has 0 saturated carbocycles. The van der Waals surface area contributed by atoms with Crippen LogP contribution in [0.1, 0.15) is 22.3 Å². The predicted molar refractivity (Wildman–Crippen MR) is 107 cm³/mol. The first-order valence-electron chi connectivity index (χ1n) is 8.72. The second kappa shape index (κ2) is 8.01. The van der Waals surface area contributed by atoms with Crippen LogP contribution in [0.3, 0.4) is 0 Å². The van der Waals surface area contributed by atoms with Gasteiger partial charge in [-0.2, -0.15) is 5.10 Å². The molecule has 1 aromatic heterocycles. The van der Waals surface area contributed by atoms with E-state index in [0.29, 0.717) is 29.9 Å². The first-order valence-corrected chi connectivity index (χ1v) is 8.72. The van der Waals surface area contributed by atoms with E-state index in [1.54, 1.807) is 24.4 Å². The summed E-state index contributed by atoms with van der Waals surface area (Å²) in [6.07, 6.45) is 2.04. The molecule has 1 heterocycles. The number of fused-ring (bicyclic) bond motifs is 1. The summed E-state index contributed by atoms with van der Waals surface area (Å²) in [5, 5.41) is 13.4. The molecule has 0 spiro atoms. The largest absolute Gasteiger partial charge is 0.326 e. The molecule has 3 N–H and O–H groups in total. The molecule has 0 radical (unpaired) electrons. The minimum atomic E-state index is -0.226. The average molecular weight is 365 g/mol. The highest BCUT2D eigenvalue weighted by Crippen LogP contribution is 2.22. The summed E-state index contributed by atoms with van der Waals surface area (Å²) in [5.41, 5.74) is 3.59. The van der Waals surface area contributed by atoms with Gasteiger partial charge in [0.05, 0.1) is 17.3 Å². The number of aromatic nitrogens is 2. The van der Waals surface area contributed by atoms with Gasteiger partial charge in [-0.15, -0.1) is 0 Å². The number of rotatable bonds is 6. The van der Waals surface area contributed by atoms with Crippen molar-refractivity contribution in [2.45, 2.75) is 13.3 Å². The molecule has 27 heavy (non-hydrogen) atoms. The Bertz CT molecular complexity index is 977. The molecule has 0 atom stereocenters. The van der Waals surface area contributed by atoms with Gasteiger partial charge in [0.15, 0.2) is 0 Å². The van der Waals surface area contributed by atoms with Gasteiger partial charge in [-0.1, -0.05) is 12.1 Å². The van der Waals surface area contributed by atoms with Crippen molar-refractivity contribution in [1.82, 2.24) is 15.1 Å². The number of carbonyl (C=O) groups excluding carboxylic acids is 2. The molecule has 7 nitrogen and oxygen atoms in total. The fourth-order valence-corrected chi connectivity index (χ4v) is 2.74. The molecule has 0 aliphatic heterocycles. The molecule has 2 amide bonds. The van der Waals surface area contributed by atoms with Gasteiger partial charge in [-0.3, -0.25) is 14.7 Å². The fourth-order valence-electron chi connectivity index (χ4n) is 2.74. The Hall–Kier alpha value is -3.19. The van der Waals surface area contributed by atoms with Crippen LogP contribution >= 0.6 is 0 Å². The van der Waals surface area contributed by atoms with Crippen LogP contribution in [-0.2, 0) is 4.79 Å². The van der Waals surface area contributed by atoms with Crippen molar-refractivity contribution < 1.29 is 9.59 Å². The topological polar surface area (TPSA) is 90.1 Å². The van der Waals surface area contributed by atoms with Gasteiger partial charge in [0.2, 0.25) is 5.91 Å². The third-order valence-corrected chi connectivity index (χ3v) is 4.29. The first-order chi connectivity index (χ1) is 12.9.